The quantitative estimate of drug-likeness (QED) is 0.773. The van der Waals surface area contributed by atoms with Gasteiger partial charge in [-0.2, -0.15) is 0 Å². The van der Waals surface area contributed by atoms with Crippen molar-refractivity contribution in [2.24, 2.45) is 0 Å². The third-order valence-electron chi connectivity index (χ3n) is 4.76. The monoisotopic (exact) mass is 362 g/mol. The first-order valence-corrected chi connectivity index (χ1v) is 9.11. The van der Waals surface area contributed by atoms with Crippen molar-refractivity contribution in [3.63, 3.8) is 0 Å². The van der Waals surface area contributed by atoms with Gasteiger partial charge in [-0.05, 0) is 43.5 Å². The number of fused-ring (bicyclic) bond motifs is 1. The van der Waals surface area contributed by atoms with E-state index < -0.39 is 0 Å². The van der Waals surface area contributed by atoms with Gasteiger partial charge >= 0.3 is 6.03 Å². The average Bonchev–Trinajstić information content (AvgIpc) is 3.18. The van der Waals surface area contributed by atoms with E-state index >= 15 is 0 Å². The van der Waals surface area contributed by atoms with E-state index in [-0.39, 0.29) is 12.1 Å². The number of nitrogens with one attached hydrogen (secondary N) is 1. The topological polar surface area (TPSA) is 75.9 Å². The van der Waals surface area contributed by atoms with Crippen LogP contribution < -0.4 is 5.32 Å². The summed E-state index contributed by atoms with van der Waals surface area (Å²) in [5.74, 6) is 1.20. The van der Waals surface area contributed by atoms with Gasteiger partial charge in [0.25, 0.3) is 0 Å². The van der Waals surface area contributed by atoms with Gasteiger partial charge in [0.05, 0.1) is 0 Å². The van der Waals surface area contributed by atoms with Crippen molar-refractivity contribution in [3.05, 3.63) is 59.9 Å². The van der Waals surface area contributed by atoms with Crippen molar-refractivity contribution >= 4 is 11.8 Å². The van der Waals surface area contributed by atoms with Crippen LogP contribution in [-0.2, 0) is 13.0 Å². The Morgan fingerprint density at radius 3 is 2.74 bits per heavy atom. The maximum Gasteiger partial charge on any atom is 0.323 e. The molecule has 0 saturated carbocycles. The molecule has 1 N–H and O–H groups in total. The first-order chi connectivity index (χ1) is 13.1. The minimum atomic E-state index is -0.139. The second kappa shape index (κ2) is 7.19. The van der Waals surface area contributed by atoms with E-state index in [1.165, 1.54) is 11.1 Å². The number of benzene rings is 1. The lowest BCUT2D eigenvalue weighted by Crippen LogP contribution is -2.39. The van der Waals surface area contributed by atoms with Crippen molar-refractivity contribution in [2.45, 2.75) is 32.9 Å². The average molecular weight is 362 g/mol. The zero-order valence-corrected chi connectivity index (χ0v) is 15.5. The summed E-state index contributed by atoms with van der Waals surface area (Å²) in [5, 5.41) is 11.1. The highest BCUT2D eigenvalue weighted by Crippen LogP contribution is 2.21. The number of nitrogens with zero attached hydrogens (tertiary/aromatic N) is 5. The van der Waals surface area contributed by atoms with Crippen LogP contribution in [0.25, 0.3) is 11.5 Å². The molecule has 0 unspecified atom stereocenters. The number of anilines is 1. The van der Waals surface area contributed by atoms with Gasteiger partial charge in [-0.15, -0.1) is 10.2 Å². The highest BCUT2D eigenvalue weighted by atomic mass is 16.2. The molecule has 0 radical (unpaired) electrons. The Balaban J connectivity index is 1.50. The number of hydrogen-bond acceptors (Lipinski definition) is 4. The Morgan fingerprint density at radius 2 is 1.93 bits per heavy atom. The van der Waals surface area contributed by atoms with E-state index in [1.807, 2.05) is 33.7 Å². The fourth-order valence-corrected chi connectivity index (χ4v) is 3.29. The van der Waals surface area contributed by atoms with Gasteiger partial charge < -0.3 is 9.47 Å². The normalized spacial score (nSPS) is 13.5. The number of hydrogen-bond donors (Lipinski definition) is 1. The molecule has 4 rings (SSSR count). The van der Waals surface area contributed by atoms with Gasteiger partial charge in [0, 0.05) is 19.1 Å². The molecule has 2 aromatic heterocycles. The van der Waals surface area contributed by atoms with Crippen LogP contribution in [0.5, 0.6) is 0 Å². The first kappa shape index (κ1) is 17.2. The number of pyridine rings is 1. The molecule has 0 atom stereocenters. The third-order valence-corrected chi connectivity index (χ3v) is 4.76. The van der Waals surface area contributed by atoms with Gasteiger partial charge in [0.15, 0.2) is 5.82 Å². The van der Waals surface area contributed by atoms with Gasteiger partial charge in [-0.1, -0.05) is 30.3 Å². The molecule has 0 spiro atoms. The molecule has 27 heavy (non-hydrogen) atoms. The predicted molar refractivity (Wildman–Crippen MR) is 103 cm³/mol. The van der Waals surface area contributed by atoms with Crippen LogP contribution in [0.3, 0.4) is 0 Å². The van der Waals surface area contributed by atoms with Crippen molar-refractivity contribution in [1.82, 2.24) is 24.6 Å². The van der Waals surface area contributed by atoms with Crippen LogP contribution in [0, 0.1) is 0 Å². The Hall–Kier alpha value is -3.22. The molecule has 138 valence electrons. The predicted octanol–water partition coefficient (Wildman–Crippen LogP) is 3.51. The lowest BCUT2D eigenvalue weighted by Gasteiger charge is -2.28. The minimum absolute atomic E-state index is 0.139. The standard InChI is InChI=1S/C20H22N6O/c1-14(2)26-13-21-24-19(26)17-8-5-9-18(22-17)23-20(27)25-11-10-15-6-3-4-7-16(15)12-25/h3-9,13-14H,10-12H2,1-2H3,(H,22,23,27). The lowest BCUT2D eigenvalue weighted by molar-refractivity contribution is 0.206. The SMILES string of the molecule is CC(C)n1cnnc1-c1cccc(NC(=O)N2CCc3ccccc3C2)n1. The van der Waals surface area contributed by atoms with E-state index in [4.69, 9.17) is 0 Å². The number of urea groups is 1. The highest BCUT2D eigenvalue weighted by molar-refractivity contribution is 5.88. The maximum atomic E-state index is 12.7. The summed E-state index contributed by atoms with van der Waals surface area (Å²) in [6.45, 7) is 5.44. The first-order valence-electron chi connectivity index (χ1n) is 9.11. The van der Waals surface area contributed by atoms with E-state index in [0.29, 0.717) is 30.4 Å². The Bertz CT molecular complexity index is 964. The molecule has 0 saturated heterocycles. The molecule has 1 aromatic carbocycles. The van der Waals surface area contributed by atoms with E-state index in [1.54, 1.807) is 12.4 Å². The Kier molecular flexibility index (Phi) is 4.58. The molecule has 3 aromatic rings. The second-order valence-electron chi connectivity index (χ2n) is 6.93. The molecule has 2 amide bonds. The smallest absolute Gasteiger partial charge is 0.320 e. The minimum Gasteiger partial charge on any atom is -0.320 e. The van der Waals surface area contributed by atoms with E-state index in [2.05, 4.69) is 46.5 Å². The van der Waals surface area contributed by atoms with Crippen molar-refractivity contribution < 1.29 is 4.79 Å². The highest BCUT2D eigenvalue weighted by Gasteiger charge is 2.21. The van der Waals surface area contributed by atoms with Crippen LogP contribution in [0.1, 0.15) is 31.0 Å². The van der Waals surface area contributed by atoms with Crippen LogP contribution in [0.2, 0.25) is 0 Å². The summed E-state index contributed by atoms with van der Waals surface area (Å²) in [4.78, 5) is 19.1. The number of amides is 2. The fourth-order valence-electron chi connectivity index (χ4n) is 3.29. The molecule has 7 nitrogen and oxygen atoms in total. The lowest BCUT2D eigenvalue weighted by atomic mass is 10.0. The zero-order chi connectivity index (χ0) is 18.8. The molecule has 0 bridgehead atoms. The van der Waals surface area contributed by atoms with Crippen LogP contribution in [0.4, 0.5) is 10.6 Å². The van der Waals surface area contributed by atoms with Crippen LogP contribution in [0.15, 0.2) is 48.8 Å². The zero-order valence-electron chi connectivity index (χ0n) is 15.5. The number of rotatable bonds is 3. The van der Waals surface area contributed by atoms with Crippen LogP contribution in [-0.4, -0.2) is 37.2 Å². The van der Waals surface area contributed by atoms with E-state index in [0.717, 1.165) is 6.42 Å². The van der Waals surface area contributed by atoms with Gasteiger partial charge in [-0.3, -0.25) is 5.32 Å². The Morgan fingerprint density at radius 1 is 1.11 bits per heavy atom. The number of carbonyl (C=O) groups is 1. The second-order valence-corrected chi connectivity index (χ2v) is 6.93. The maximum absolute atomic E-state index is 12.7. The summed E-state index contributed by atoms with van der Waals surface area (Å²) >= 11 is 0. The molecule has 1 aliphatic rings. The van der Waals surface area contributed by atoms with E-state index in [9.17, 15) is 4.79 Å². The molecular weight excluding hydrogens is 340 g/mol. The van der Waals surface area contributed by atoms with Crippen molar-refractivity contribution in [2.75, 3.05) is 11.9 Å². The molecule has 7 heteroatoms. The summed E-state index contributed by atoms with van der Waals surface area (Å²) in [6.07, 6.45) is 2.56. The summed E-state index contributed by atoms with van der Waals surface area (Å²) in [6, 6.07) is 13.9. The fraction of sp³-hybridized carbons (Fsp3) is 0.300. The number of carbonyl (C=O) groups excluding carboxylic acids is 1. The number of aromatic nitrogens is 4. The summed E-state index contributed by atoms with van der Waals surface area (Å²) in [5.41, 5.74) is 3.20. The van der Waals surface area contributed by atoms with Crippen molar-refractivity contribution in [3.8, 4) is 11.5 Å². The third kappa shape index (κ3) is 3.53. The van der Waals surface area contributed by atoms with Gasteiger partial charge in [0.1, 0.15) is 17.8 Å². The molecule has 0 fully saturated rings. The summed E-state index contributed by atoms with van der Waals surface area (Å²) < 4.78 is 1.95. The Labute approximate surface area is 158 Å². The largest absolute Gasteiger partial charge is 0.323 e. The molecule has 0 aliphatic carbocycles. The van der Waals surface area contributed by atoms with Crippen molar-refractivity contribution in [1.29, 1.82) is 0 Å². The molecule has 3 heterocycles. The summed E-state index contributed by atoms with van der Waals surface area (Å²) in [7, 11) is 0. The van der Waals surface area contributed by atoms with Gasteiger partial charge in [0.2, 0.25) is 0 Å². The van der Waals surface area contributed by atoms with Crippen LogP contribution >= 0.6 is 0 Å². The molecule has 1 aliphatic heterocycles. The van der Waals surface area contributed by atoms with Gasteiger partial charge in [-0.25, -0.2) is 9.78 Å². The molecular formula is C20H22N6O.